The zero-order valence-corrected chi connectivity index (χ0v) is 12.0. The molecule has 0 radical (unpaired) electrons. The predicted molar refractivity (Wildman–Crippen MR) is 79.5 cm³/mol. The van der Waals surface area contributed by atoms with E-state index in [4.69, 9.17) is 5.11 Å². The fraction of sp³-hybridized carbons (Fsp3) is 0.0714. The van der Waals surface area contributed by atoms with Gasteiger partial charge in [0.15, 0.2) is 0 Å². The highest BCUT2D eigenvalue weighted by Gasteiger charge is 2.21. The Balaban J connectivity index is 1.81. The molecule has 0 saturated heterocycles. The number of anilines is 1. The van der Waals surface area contributed by atoms with Crippen LogP contribution in [0.1, 0.15) is 20.8 Å². The molecule has 3 rings (SSSR count). The molecule has 9 heteroatoms. The van der Waals surface area contributed by atoms with E-state index in [1.54, 1.807) is 35.3 Å². The zero-order chi connectivity index (χ0) is 16.4. The van der Waals surface area contributed by atoms with Crippen LogP contribution in [-0.2, 0) is 7.05 Å². The Kier molecular flexibility index (Phi) is 3.59. The van der Waals surface area contributed by atoms with Gasteiger partial charge in [-0.25, -0.2) is 14.5 Å². The summed E-state index contributed by atoms with van der Waals surface area (Å²) in [6, 6.07) is 6.88. The molecule has 2 heterocycles. The maximum absolute atomic E-state index is 12.3. The van der Waals surface area contributed by atoms with Crippen LogP contribution in [0.4, 0.5) is 5.69 Å². The molecule has 2 N–H and O–H groups in total. The lowest BCUT2D eigenvalue weighted by Crippen LogP contribution is -2.19. The molecular weight excluding hydrogens is 300 g/mol. The zero-order valence-electron chi connectivity index (χ0n) is 12.0. The summed E-state index contributed by atoms with van der Waals surface area (Å²) >= 11 is 0. The van der Waals surface area contributed by atoms with Crippen molar-refractivity contribution < 1.29 is 14.7 Å². The van der Waals surface area contributed by atoms with Crippen molar-refractivity contribution in [1.29, 1.82) is 0 Å². The number of nitrogens with one attached hydrogen (secondary N) is 1. The molecule has 3 aromatic rings. The van der Waals surface area contributed by atoms with Crippen LogP contribution in [0.15, 0.2) is 43.1 Å². The quantitative estimate of drug-likeness (QED) is 0.741. The molecule has 9 nitrogen and oxygen atoms in total. The van der Waals surface area contributed by atoms with Gasteiger partial charge < -0.3 is 10.4 Å². The highest BCUT2D eigenvalue weighted by molar-refractivity contribution is 6.09. The van der Waals surface area contributed by atoms with Gasteiger partial charge in [-0.2, -0.15) is 10.2 Å². The van der Waals surface area contributed by atoms with Crippen LogP contribution in [0.2, 0.25) is 0 Å². The summed E-state index contributed by atoms with van der Waals surface area (Å²) in [6.45, 7) is 0. The molecule has 116 valence electrons. The third kappa shape index (κ3) is 2.79. The Morgan fingerprint density at radius 2 is 1.91 bits per heavy atom. The van der Waals surface area contributed by atoms with Crippen LogP contribution < -0.4 is 5.32 Å². The Hall–Kier alpha value is -3.49. The van der Waals surface area contributed by atoms with Crippen LogP contribution in [0.3, 0.4) is 0 Å². The van der Waals surface area contributed by atoms with Crippen molar-refractivity contribution in [3.8, 4) is 5.69 Å². The smallest absolute Gasteiger partial charge is 0.339 e. The molecule has 0 aliphatic rings. The fourth-order valence-electron chi connectivity index (χ4n) is 2.09. The van der Waals surface area contributed by atoms with Gasteiger partial charge in [-0.15, -0.1) is 0 Å². The lowest BCUT2D eigenvalue weighted by atomic mass is 10.2. The summed E-state index contributed by atoms with van der Waals surface area (Å²) in [5, 5.41) is 19.5. The van der Waals surface area contributed by atoms with E-state index in [9.17, 15) is 9.59 Å². The van der Waals surface area contributed by atoms with Crippen molar-refractivity contribution in [1.82, 2.24) is 24.5 Å². The van der Waals surface area contributed by atoms with Crippen molar-refractivity contribution in [3.63, 3.8) is 0 Å². The van der Waals surface area contributed by atoms with Gasteiger partial charge in [0.1, 0.15) is 23.9 Å². The average Bonchev–Trinajstić information content (AvgIpc) is 3.17. The Morgan fingerprint density at radius 3 is 2.52 bits per heavy atom. The van der Waals surface area contributed by atoms with E-state index in [-0.39, 0.29) is 11.3 Å². The third-order valence-corrected chi connectivity index (χ3v) is 3.19. The number of carboxylic acids is 1. The van der Waals surface area contributed by atoms with Gasteiger partial charge in [-0.1, -0.05) is 0 Å². The van der Waals surface area contributed by atoms with Gasteiger partial charge in [0.25, 0.3) is 5.91 Å². The Bertz CT molecular complexity index is 851. The molecule has 0 aliphatic heterocycles. The van der Waals surface area contributed by atoms with E-state index in [1.807, 2.05) is 0 Å². The molecule has 0 atom stereocenters. The van der Waals surface area contributed by atoms with Gasteiger partial charge >= 0.3 is 5.97 Å². The molecule has 23 heavy (non-hydrogen) atoms. The van der Waals surface area contributed by atoms with Crippen LogP contribution in [0.5, 0.6) is 0 Å². The van der Waals surface area contributed by atoms with Crippen LogP contribution >= 0.6 is 0 Å². The third-order valence-electron chi connectivity index (χ3n) is 3.19. The summed E-state index contributed by atoms with van der Waals surface area (Å²) < 4.78 is 2.80. The number of hydrogen-bond acceptors (Lipinski definition) is 5. The minimum Gasteiger partial charge on any atom is -0.478 e. The van der Waals surface area contributed by atoms with E-state index >= 15 is 0 Å². The molecule has 0 aliphatic carbocycles. The SMILES string of the molecule is Cn1ncc(C(=O)O)c1C(=O)Nc1ccc(-n2cncn2)cc1. The van der Waals surface area contributed by atoms with E-state index in [0.29, 0.717) is 5.69 Å². The number of carbonyl (C=O) groups excluding carboxylic acids is 1. The van der Waals surface area contributed by atoms with Crippen LogP contribution in [0, 0.1) is 0 Å². The molecule has 0 saturated carbocycles. The summed E-state index contributed by atoms with van der Waals surface area (Å²) in [6.07, 6.45) is 4.12. The number of carboxylic acid groups (broad SMARTS) is 1. The second-order valence-corrected chi connectivity index (χ2v) is 4.68. The normalized spacial score (nSPS) is 10.5. The number of carbonyl (C=O) groups is 2. The summed E-state index contributed by atoms with van der Waals surface area (Å²) in [7, 11) is 1.51. The molecule has 2 aromatic heterocycles. The van der Waals surface area contributed by atoms with Gasteiger partial charge in [-0.05, 0) is 24.3 Å². The van der Waals surface area contributed by atoms with Gasteiger partial charge in [-0.3, -0.25) is 9.48 Å². The topological polar surface area (TPSA) is 115 Å². The highest BCUT2D eigenvalue weighted by Crippen LogP contribution is 2.15. The number of aryl methyl sites for hydroxylation is 1. The molecule has 0 fully saturated rings. The van der Waals surface area contributed by atoms with E-state index in [1.165, 1.54) is 18.1 Å². The van der Waals surface area contributed by atoms with E-state index in [0.717, 1.165) is 11.9 Å². The number of amides is 1. The number of benzene rings is 1. The molecular formula is C14H12N6O3. The summed E-state index contributed by atoms with van der Waals surface area (Å²) in [5.74, 6) is -1.75. The minimum absolute atomic E-state index is 0.0159. The first kappa shape index (κ1) is 14.4. The van der Waals surface area contributed by atoms with Crippen molar-refractivity contribution >= 4 is 17.6 Å². The minimum atomic E-state index is -1.20. The first-order valence-electron chi connectivity index (χ1n) is 6.58. The van der Waals surface area contributed by atoms with Crippen LogP contribution in [-0.4, -0.2) is 41.5 Å². The lowest BCUT2D eigenvalue weighted by molar-refractivity contribution is 0.0692. The van der Waals surface area contributed by atoms with Gasteiger partial charge in [0.05, 0.1) is 11.9 Å². The van der Waals surface area contributed by atoms with Crippen molar-refractivity contribution in [2.75, 3.05) is 5.32 Å². The van der Waals surface area contributed by atoms with Crippen molar-refractivity contribution in [2.24, 2.45) is 7.05 Å². The maximum atomic E-state index is 12.3. The second-order valence-electron chi connectivity index (χ2n) is 4.68. The molecule has 0 bridgehead atoms. The van der Waals surface area contributed by atoms with E-state index in [2.05, 4.69) is 20.5 Å². The summed E-state index contributed by atoms with van der Waals surface area (Å²) in [5.41, 5.74) is 1.14. The van der Waals surface area contributed by atoms with E-state index < -0.39 is 11.9 Å². The average molecular weight is 312 g/mol. The highest BCUT2D eigenvalue weighted by atomic mass is 16.4. The summed E-state index contributed by atoms with van der Waals surface area (Å²) in [4.78, 5) is 27.2. The molecule has 0 unspecified atom stereocenters. The molecule has 0 spiro atoms. The fourth-order valence-corrected chi connectivity index (χ4v) is 2.09. The number of hydrogen-bond donors (Lipinski definition) is 2. The number of nitrogens with zero attached hydrogens (tertiary/aromatic N) is 5. The molecule has 1 aromatic carbocycles. The van der Waals surface area contributed by atoms with Gasteiger partial charge in [0.2, 0.25) is 0 Å². The number of aromatic nitrogens is 5. The number of rotatable bonds is 4. The van der Waals surface area contributed by atoms with Crippen LogP contribution in [0.25, 0.3) is 5.69 Å². The second kappa shape index (κ2) is 5.72. The first-order valence-corrected chi connectivity index (χ1v) is 6.58. The predicted octanol–water partition coefficient (Wildman–Crippen LogP) is 0.951. The maximum Gasteiger partial charge on any atom is 0.339 e. The largest absolute Gasteiger partial charge is 0.478 e. The monoisotopic (exact) mass is 312 g/mol. The Morgan fingerprint density at radius 1 is 1.17 bits per heavy atom. The first-order chi connectivity index (χ1) is 11.1. The Labute approximate surface area is 130 Å². The van der Waals surface area contributed by atoms with Gasteiger partial charge in [0, 0.05) is 12.7 Å². The number of aromatic carboxylic acids is 1. The standard InChI is InChI=1S/C14H12N6O3/c1-19-12(11(6-16-19)14(22)23)13(21)18-9-2-4-10(5-3-9)20-8-15-7-17-20/h2-8H,1H3,(H,18,21)(H,22,23). The van der Waals surface area contributed by atoms with Crippen molar-refractivity contribution in [3.05, 3.63) is 54.4 Å². The lowest BCUT2D eigenvalue weighted by Gasteiger charge is -2.07. The van der Waals surface area contributed by atoms with Crippen molar-refractivity contribution in [2.45, 2.75) is 0 Å². The molecule has 1 amide bonds.